The van der Waals surface area contributed by atoms with Crippen LogP contribution in [0.4, 0.5) is 10.1 Å². The van der Waals surface area contributed by atoms with Crippen LogP contribution < -0.4 is 5.32 Å². The molecular formula is C21H18FN3. The van der Waals surface area contributed by atoms with Gasteiger partial charge in [-0.1, -0.05) is 30.3 Å². The van der Waals surface area contributed by atoms with Crippen molar-refractivity contribution in [3.05, 3.63) is 96.2 Å². The molecule has 0 radical (unpaired) electrons. The maximum atomic E-state index is 13.1. The molecule has 0 atom stereocenters. The van der Waals surface area contributed by atoms with Gasteiger partial charge in [0.25, 0.3) is 0 Å². The van der Waals surface area contributed by atoms with Crippen LogP contribution in [0.2, 0.25) is 0 Å². The first-order valence-corrected chi connectivity index (χ1v) is 8.25. The number of hydrogen-bond donors (Lipinski definition) is 1. The van der Waals surface area contributed by atoms with Gasteiger partial charge in [0.15, 0.2) is 0 Å². The molecule has 1 N–H and O–H groups in total. The van der Waals surface area contributed by atoms with Crippen molar-refractivity contribution >= 4 is 16.6 Å². The molecule has 0 saturated heterocycles. The summed E-state index contributed by atoms with van der Waals surface area (Å²) in [5.74, 6) is -0.206. The molecule has 0 fully saturated rings. The summed E-state index contributed by atoms with van der Waals surface area (Å²) in [4.78, 5) is 4.13. The predicted molar refractivity (Wildman–Crippen MR) is 99.0 cm³/mol. The highest BCUT2D eigenvalue weighted by molar-refractivity contribution is 5.84. The third kappa shape index (κ3) is 3.38. The highest BCUT2D eigenvalue weighted by Gasteiger charge is 2.08. The zero-order valence-corrected chi connectivity index (χ0v) is 13.7. The van der Waals surface area contributed by atoms with E-state index in [4.69, 9.17) is 0 Å². The van der Waals surface area contributed by atoms with E-state index >= 15 is 0 Å². The number of pyridine rings is 1. The molecule has 0 saturated carbocycles. The third-order valence-corrected chi connectivity index (χ3v) is 4.28. The molecule has 0 aliphatic heterocycles. The smallest absolute Gasteiger partial charge is 0.123 e. The lowest BCUT2D eigenvalue weighted by Gasteiger charge is -2.05. The van der Waals surface area contributed by atoms with Crippen molar-refractivity contribution in [3.8, 4) is 0 Å². The largest absolute Gasteiger partial charge is 0.380 e. The van der Waals surface area contributed by atoms with Crippen LogP contribution in [-0.4, -0.2) is 9.55 Å². The first-order chi connectivity index (χ1) is 12.3. The number of fused-ring (bicyclic) bond motifs is 1. The molecular weight excluding hydrogens is 313 g/mol. The van der Waals surface area contributed by atoms with Gasteiger partial charge in [0.1, 0.15) is 5.82 Å². The Bertz CT molecular complexity index is 975. The average Bonchev–Trinajstić information content (AvgIpc) is 3.01. The summed E-state index contributed by atoms with van der Waals surface area (Å²) < 4.78 is 15.3. The fraction of sp³-hybridized carbons (Fsp3) is 0.0952. The quantitative estimate of drug-likeness (QED) is 0.567. The Hall–Kier alpha value is -3.14. The van der Waals surface area contributed by atoms with Crippen LogP contribution >= 0.6 is 0 Å². The Kier molecular flexibility index (Phi) is 4.17. The Labute approximate surface area is 145 Å². The van der Waals surface area contributed by atoms with Gasteiger partial charge in [-0.3, -0.25) is 4.98 Å². The lowest BCUT2D eigenvalue weighted by Crippen LogP contribution is -2.00. The summed E-state index contributed by atoms with van der Waals surface area (Å²) in [6.45, 7) is 1.44. The molecule has 4 aromatic rings. The SMILES string of the molecule is Fc1ccc(Cn2cc(CNc3cccnc3)c3ccccc32)cc1. The number of nitrogens with one attached hydrogen (secondary N) is 1. The lowest BCUT2D eigenvalue weighted by molar-refractivity contribution is 0.626. The second-order valence-electron chi connectivity index (χ2n) is 6.02. The first-order valence-electron chi connectivity index (χ1n) is 8.25. The van der Waals surface area contributed by atoms with Crippen molar-refractivity contribution in [3.63, 3.8) is 0 Å². The summed E-state index contributed by atoms with van der Waals surface area (Å²) in [7, 11) is 0. The van der Waals surface area contributed by atoms with Crippen LogP contribution in [0.25, 0.3) is 10.9 Å². The zero-order valence-electron chi connectivity index (χ0n) is 13.7. The molecule has 0 spiro atoms. The van der Waals surface area contributed by atoms with E-state index < -0.39 is 0 Å². The molecule has 0 unspecified atom stereocenters. The highest BCUT2D eigenvalue weighted by atomic mass is 19.1. The van der Waals surface area contributed by atoms with Crippen molar-refractivity contribution in [2.75, 3.05) is 5.32 Å². The Morgan fingerprint density at radius 3 is 2.60 bits per heavy atom. The van der Waals surface area contributed by atoms with Crippen molar-refractivity contribution in [2.45, 2.75) is 13.1 Å². The summed E-state index contributed by atoms with van der Waals surface area (Å²) in [5, 5.41) is 4.64. The standard InChI is InChI=1S/C21H18FN3/c22-18-9-7-16(8-10-18)14-25-15-17(20-5-1-2-6-21(20)25)12-24-19-4-3-11-23-13-19/h1-11,13,15,24H,12,14H2. The number of para-hydroxylation sites is 1. The van der Waals surface area contributed by atoms with E-state index in [-0.39, 0.29) is 5.82 Å². The molecule has 0 aliphatic carbocycles. The zero-order chi connectivity index (χ0) is 17.1. The molecule has 0 bridgehead atoms. The predicted octanol–water partition coefficient (Wildman–Crippen LogP) is 4.84. The molecule has 0 amide bonds. The second kappa shape index (κ2) is 6.77. The van der Waals surface area contributed by atoms with Gasteiger partial charge >= 0.3 is 0 Å². The van der Waals surface area contributed by atoms with E-state index in [0.29, 0.717) is 6.54 Å². The van der Waals surface area contributed by atoms with Gasteiger partial charge in [0.2, 0.25) is 0 Å². The summed E-state index contributed by atoms with van der Waals surface area (Å²) in [6.07, 6.45) is 5.74. The minimum Gasteiger partial charge on any atom is -0.380 e. The fourth-order valence-electron chi connectivity index (χ4n) is 3.05. The molecule has 4 rings (SSSR count). The molecule has 2 aromatic carbocycles. The van der Waals surface area contributed by atoms with Crippen LogP contribution in [0.3, 0.4) is 0 Å². The molecule has 4 heteroatoms. The van der Waals surface area contributed by atoms with Crippen molar-refractivity contribution in [1.29, 1.82) is 0 Å². The number of halogens is 1. The normalized spacial score (nSPS) is 10.9. The van der Waals surface area contributed by atoms with Gasteiger partial charge < -0.3 is 9.88 Å². The topological polar surface area (TPSA) is 29.9 Å². The van der Waals surface area contributed by atoms with E-state index in [1.165, 1.54) is 28.6 Å². The number of anilines is 1. The third-order valence-electron chi connectivity index (χ3n) is 4.28. The monoisotopic (exact) mass is 331 g/mol. The van der Waals surface area contributed by atoms with E-state index in [9.17, 15) is 4.39 Å². The maximum Gasteiger partial charge on any atom is 0.123 e. The minimum atomic E-state index is -0.206. The van der Waals surface area contributed by atoms with Gasteiger partial charge in [-0.05, 0) is 41.5 Å². The number of aromatic nitrogens is 2. The molecule has 25 heavy (non-hydrogen) atoms. The Morgan fingerprint density at radius 1 is 0.960 bits per heavy atom. The molecule has 124 valence electrons. The van der Waals surface area contributed by atoms with Crippen LogP contribution in [0.5, 0.6) is 0 Å². The van der Waals surface area contributed by atoms with Crippen LogP contribution in [0, 0.1) is 5.82 Å². The maximum absolute atomic E-state index is 13.1. The number of hydrogen-bond acceptors (Lipinski definition) is 2. The number of nitrogens with zero attached hydrogens (tertiary/aromatic N) is 2. The van der Waals surface area contributed by atoms with E-state index in [1.807, 2.05) is 36.5 Å². The highest BCUT2D eigenvalue weighted by Crippen LogP contribution is 2.23. The van der Waals surface area contributed by atoms with Gasteiger partial charge in [0.05, 0.1) is 5.69 Å². The number of rotatable bonds is 5. The van der Waals surface area contributed by atoms with Gasteiger partial charge in [-0.25, -0.2) is 4.39 Å². The first kappa shape index (κ1) is 15.4. The van der Waals surface area contributed by atoms with Crippen LogP contribution in [0.1, 0.15) is 11.1 Å². The van der Waals surface area contributed by atoms with Crippen molar-refractivity contribution < 1.29 is 4.39 Å². The fourth-order valence-corrected chi connectivity index (χ4v) is 3.05. The molecule has 2 aromatic heterocycles. The van der Waals surface area contributed by atoms with Crippen LogP contribution in [-0.2, 0) is 13.1 Å². The molecule has 0 aliphatic rings. The molecule has 2 heterocycles. The Morgan fingerprint density at radius 2 is 1.80 bits per heavy atom. The van der Waals surface area contributed by atoms with E-state index in [2.05, 4.69) is 39.3 Å². The minimum absolute atomic E-state index is 0.206. The van der Waals surface area contributed by atoms with Crippen molar-refractivity contribution in [2.24, 2.45) is 0 Å². The summed E-state index contributed by atoms with van der Waals surface area (Å²) in [6, 6.07) is 18.9. The van der Waals surface area contributed by atoms with Gasteiger partial charge in [0, 0.05) is 42.6 Å². The van der Waals surface area contributed by atoms with E-state index in [0.717, 1.165) is 17.8 Å². The molecule has 3 nitrogen and oxygen atoms in total. The summed E-state index contributed by atoms with van der Waals surface area (Å²) in [5.41, 5.74) is 4.48. The number of benzene rings is 2. The van der Waals surface area contributed by atoms with Gasteiger partial charge in [-0.2, -0.15) is 0 Å². The van der Waals surface area contributed by atoms with Gasteiger partial charge in [-0.15, -0.1) is 0 Å². The average molecular weight is 331 g/mol. The van der Waals surface area contributed by atoms with E-state index in [1.54, 1.807) is 6.20 Å². The second-order valence-corrected chi connectivity index (χ2v) is 6.02. The van der Waals surface area contributed by atoms with Crippen molar-refractivity contribution in [1.82, 2.24) is 9.55 Å². The Balaban J connectivity index is 1.63. The van der Waals surface area contributed by atoms with Crippen LogP contribution in [0.15, 0.2) is 79.3 Å². The summed E-state index contributed by atoms with van der Waals surface area (Å²) >= 11 is 0. The lowest BCUT2D eigenvalue weighted by atomic mass is 10.2.